The molecule has 0 aromatic heterocycles. The predicted octanol–water partition coefficient (Wildman–Crippen LogP) is 13.2. The number of hydrogen-bond donors (Lipinski definition) is 3. The molecule has 8 heteroatoms. The van der Waals surface area contributed by atoms with E-state index in [4.69, 9.17) is 14.2 Å². The van der Waals surface area contributed by atoms with Gasteiger partial charge in [0.1, 0.15) is 12.6 Å². The van der Waals surface area contributed by atoms with Crippen LogP contribution < -0.4 is 16.0 Å². The molecule has 2 amide bonds. The summed E-state index contributed by atoms with van der Waals surface area (Å²) in [6, 6.07) is 16.0. The first-order valence-electron chi connectivity index (χ1n) is 25.9. The molecule has 0 spiro atoms. The third-order valence-electron chi connectivity index (χ3n) is 13.3. The molecule has 0 saturated carbocycles. The molecule has 0 bridgehead atoms. The molecule has 350 valence electrons. The van der Waals surface area contributed by atoms with Crippen molar-refractivity contribution in [3.8, 4) is 11.1 Å². The van der Waals surface area contributed by atoms with E-state index < -0.39 is 12.1 Å². The summed E-state index contributed by atoms with van der Waals surface area (Å²) in [6.45, 7) is 8.81. The van der Waals surface area contributed by atoms with E-state index in [9.17, 15) is 9.59 Å². The molecule has 1 aliphatic carbocycles. The van der Waals surface area contributed by atoms with Gasteiger partial charge in [-0.05, 0) is 73.4 Å². The summed E-state index contributed by atoms with van der Waals surface area (Å²) >= 11 is 0. The number of benzene rings is 2. The van der Waals surface area contributed by atoms with Gasteiger partial charge in [-0.1, -0.05) is 204 Å². The quantitative estimate of drug-likeness (QED) is 0.0586. The summed E-state index contributed by atoms with van der Waals surface area (Å²) in [7, 11) is 0. The third-order valence-corrected chi connectivity index (χ3v) is 13.3. The highest BCUT2D eigenvalue weighted by molar-refractivity contribution is 5.85. The molecule has 2 aliphatic rings. The number of nitrogens with one attached hydrogen (secondary N) is 3. The Bertz CT molecular complexity index is 1400. The number of ether oxygens (including phenoxy) is 3. The Balaban J connectivity index is 1.21. The molecular weight excluding hydrogens is 771 g/mol. The first kappa shape index (κ1) is 51.7. The van der Waals surface area contributed by atoms with Crippen LogP contribution in [0.4, 0.5) is 4.79 Å². The molecule has 8 nitrogen and oxygen atoms in total. The third kappa shape index (κ3) is 21.2. The lowest BCUT2D eigenvalue weighted by Gasteiger charge is -2.28. The van der Waals surface area contributed by atoms with Crippen LogP contribution in [0, 0.1) is 5.92 Å². The SMILES string of the molecule is CCCCCCCCCCCCCCOCC(CNC(=O)C(CC1CCNCC1)NC(=O)OCC1c2ccccc2-c2ccccc21)OCCCCCCCCCCCCCC. The molecule has 2 aromatic rings. The zero-order valence-electron chi connectivity index (χ0n) is 39.5. The smallest absolute Gasteiger partial charge is 0.407 e. The van der Waals surface area contributed by atoms with E-state index >= 15 is 0 Å². The fraction of sp³-hybridized carbons (Fsp3) is 0.741. The van der Waals surface area contributed by atoms with Gasteiger partial charge >= 0.3 is 6.09 Å². The maximum atomic E-state index is 13.9. The van der Waals surface area contributed by atoms with Crippen molar-refractivity contribution in [1.82, 2.24) is 16.0 Å². The van der Waals surface area contributed by atoms with E-state index in [-0.39, 0.29) is 24.5 Å². The van der Waals surface area contributed by atoms with E-state index in [0.717, 1.165) is 45.2 Å². The Hall–Kier alpha value is -2.94. The van der Waals surface area contributed by atoms with E-state index in [2.05, 4.69) is 66.2 Å². The highest BCUT2D eigenvalue weighted by atomic mass is 16.5. The van der Waals surface area contributed by atoms with E-state index in [1.165, 1.54) is 157 Å². The van der Waals surface area contributed by atoms with Gasteiger partial charge in [0, 0.05) is 25.7 Å². The van der Waals surface area contributed by atoms with Gasteiger partial charge in [-0.2, -0.15) is 0 Å². The minimum Gasteiger partial charge on any atom is -0.449 e. The van der Waals surface area contributed by atoms with Crippen LogP contribution in [0.1, 0.15) is 204 Å². The van der Waals surface area contributed by atoms with Crippen molar-refractivity contribution in [2.24, 2.45) is 5.92 Å². The van der Waals surface area contributed by atoms with Crippen LogP contribution in [0.3, 0.4) is 0 Å². The summed E-state index contributed by atoms with van der Waals surface area (Å²) in [5, 5.41) is 9.58. The number of fused-ring (bicyclic) bond motifs is 3. The van der Waals surface area contributed by atoms with Gasteiger partial charge in [-0.15, -0.1) is 0 Å². The molecule has 2 aromatic carbocycles. The molecule has 2 unspecified atom stereocenters. The average molecular weight is 860 g/mol. The second kappa shape index (κ2) is 33.6. The Morgan fingerprint density at radius 3 is 1.61 bits per heavy atom. The highest BCUT2D eigenvalue weighted by Gasteiger charge is 2.31. The molecule has 1 heterocycles. The van der Waals surface area contributed by atoms with Crippen molar-refractivity contribution in [2.45, 2.75) is 205 Å². The van der Waals surface area contributed by atoms with E-state index in [0.29, 0.717) is 38.7 Å². The summed E-state index contributed by atoms with van der Waals surface area (Å²) in [6.07, 6.45) is 33.2. The lowest BCUT2D eigenvalue weighted by atomic mass is 9.90. The van der Waals surface area contributed by atoms with Crippen molar-refractivity contribution in [3.05, 3.63) is 59.7 Å². The summed E-state index contributed by atoms with van der Waals surface area (Å²) in [5.74, 6) is 0.123. The van der Waals surface area contributed by atoms with Gasteiger partial charge in [-0.3, -0.25) is 4.79 Å². The number of amides is 2. The van der Waals surface area contributed by atoms with Crippen LogP contribution in [-0.2, 0) is 19.0 Å². The maximum absolute atomic E-state index is 13.9. The van der Waals surface area contributed by atoms with E-state index in [1.54, 1.807) is 0 Å². The van der Waals surface area contributed by atoms with Gasteiger partial charge in [0.15, 0.2) is 0 Å². The fourth-order valence-corrected chi connectivity index (χ4v) is 9.42. The largest absolute Gasteiger partial charge is 0.449 e. The van der Waals surface area contributed by atoms with Crippen molar-refractivity contribution in [3.63, 3.8) is 0 Å². The second-order valence-corrected chi connectivity index (χ2v) is 18.5. The molecule has 0 radical (unpaired) electrons. The molecule has 1 aliphatic heterocycles. The number of alkyl carbamates (subject to hydrolysis) is 1. The topological polar surface area (TPSA) is 97.9 Å². The fourth-order valence-electron chi connectivity index (χ4n) is 9.42. The minimum absolute atomic E-state index is 0.0391. The molecule has 62 heavy (non-hydrogen) atoms. The van der Waals surface area contributed by atoms with Crippen molar-refractivity contribution >= 4 is 12.0 Å². The van der Waals surface area contributed by atoms with Gasteiger partial charge in [-0.25, -0.2) is 4.79 Å². The standard InChI is InChI=1S/C54H89N3O5/c1-3-5-7-9-11-13-15-17-19-21-23-29-39-60-43-46(61-40-30-24-22-20-18-16-14-12-10-8-6-4-2)42-56-53(58)52(41-45-35-37-55-38-36-45)57-54(59)62-44-51-49-33-27-25-31-47(49)48-32-26-28-34-50(48)51/h25-28,31-34,45-46,51-52,55H,3-24,29-30,35-44H2,1-2H3,(H,56,58)(H,57,59). The molecular formula is C54H89N3O5. The first-order valence-corrected chi connectivity index (χ1v) is 25.9. The van der Waals surface area contributed by atoms with Gasteiger partial charge < -0.3 is 30.2 Å². The summed E-state index contributed by atoms with van der Waals surface area (Å²) in [5.41, 5.74) is 4.71. The summed E-state index contributed by atoms with van der Waals surface area (Å²) in [4.78, 5) is 27.4. The summed E-state index contributed by atoms with van der Waals surface area (Å²) < 4.78 is 18.5. The van der Waals surface area contributed by atoms with Gasteiger partial charge in [0.25, 0.3) is 0 Å². The van der Waals surface area contributed by atoms with Crippen LogP contribution in [-0.4, -0.2) is 70.2 Å². The lowest BCUT2D eigenvalue weighted by Crippen LogP contribution is -2.50. The van der Waals surface area contributed by atoms with Gasteiger partial charge in [0.2, 0.25) is 5.91 Å². The number of rotatable bonds is 37. The van der Waals surface area contributed by atoms with Crippen molar-refractivity contribution < 1.29 is 23.8 Å². The van der Waals surface area contributed by atoms with Crippen LogP contribution in [0.5, 0.6) is 0 Å². The maximum Gasteiger partial charge on any atom is 0.407 e. The Morgan fingerprint density at radius 2 is 1.10 bits per heavy atom. The van der Waals surface area contributed by atoms with E-state index in [1.807, 2.05) is 12.1 Å². The molecule has 1 saturated heterocycles. The van der Waals surface area contributed by atoms with Crippen molar-refractivity contribution in [2.75, 3.05) is 46.1 Å². The zero-order valence-corrected chi connectivity index (χ0v) is 39.5. The number of piperidine rings is 1. The van der Waals surface area contributed by atoms with Crippen LogP contribution in [0.25, 0.3) is 11.1 Å². The second-order valence-electron chi connectivity index (χ2n) is 18.5. The number of carbonyl (C=O) groups excluding carboxylic acids is 2. The number of unbranched alkanes of at least 4 members (excludes halogenated alkanes) is 22. The van der Waals surface area contributed by atoms with Crippen LogP contribution >= 0.6 is 0 Å². The highest BCUT2D eigenvalue weighted by Crippen LogP contribution is 2.44. The number of carbonyl (C=O) groups is 2. The van der Waals surface area contributed by atoms with Crippen LogP contribution in [0.15, 0.2) is 48.5 Å². The zero-order chi connectivity index (χ0) is 43.7. The van der Waals surface area contributed by atoms with Crippen LogP contribution in [0.2, 0.25) is 0 Å². The van der Waals surface area contributed by atoms with Gasteiger partial charge in [0.05, 0.1) is 12.7 Å². The number of hydrogen-bond acceptors (Lipinski definition) is 6. The molecule has 1 fully saturated rings. The Labute approximate surface area is 378 Å². The molecule has 4 rings (SSSR count). The average Bonchev–Trinajstić information content (AvgIpc) is 3.62. The Kier molecular flexibility index (Phi) is 28.0. The lowest BCUT2D eigenvalue weighted by molar-refractivity contribution is -0.124. The van der Waals surface area contributed by atoms with Crippen molar-refractivity contribution in [1.29, 1.82) is 0 Å². The molecule has 3 N–H and O–H groups in total. The normalized spacial score (nSPS) is 14.9. The first-order chi connectivity index (χ1) is 30.6. The predicted molar refractivity (Wildman–Crippen MR) is 258 cm³/mol. The molecule has 2 atom stereocenters. The Morgan fingerprint density at radius 1 is 0.629 bits per heavy atom. The minimum atomic E-state index is -0.687. The monoisotopic (exact) mass is 860 g/mol.